The highest BCUT2D eigenvalue weighted by atomic mass is 15.1. The lowest BCUT2D eigenvalue weighted by molar-refractivity contribution is 0.866. The Morgan fingerprint density at radius 2 is 1.86 bits per heavy atom. The van der Waals surface area contributed by atoms with Crippen LogP contribution >= 0.6 is 0 Å². The van der Waals surface area contributed by atoms with Gasteiger partial charge in [0.25, 0.3) is 0 Å². The maximum Gasteiger partial charge on any atom is 0.101 e. The molecule has 21 heavy (non-hydrogen) atoms. The molecule has 3 heteroatoms. The van der Waals surface area contributed by atoms with E-state index in [2.05, 4.69) is 41.9 Å². The largest absolute Gasteiger partial charge is 0.372 e. The third-order valence-electron chi connectivity index (χ3n) is 3.39. The second kappa shape index (κ2) is 7.25. The molecule has 0 atom stereocenters. The normalized spacial score (nSPS) is 11.0. The maximum absolute atomic E-state index is 9.29. The zero-order valence-corrected chi connectivity index (χ0v) is 12.5. The van der Waals surface area contributed by atoms with Crippen LogP contribution in [0.15, 0.2) is 48.7 Å². The van der Waals surface area contributed by atoms with Crippen LogP contribution in [0.5, 0.6) is 0 Å². The van der Waals surface area contributed by atoms with Crippen molar-refractivity contribution in [1.29, 1.82) is 5.26 Å². The number of rotatable bonds is 5. The highest BCUT2D eigenvalue weighted by Crippen LogP contribution is 2.19. The quantitative estimate of drug-likeness (QED) is 0.776. The molecule has 2 aromatic rings. The summed E-state index contributed by atoms with van der Waals surface area (Å²) in [6, 6.07) is 16.0. The Hall–Kier alpha value is -2.60. The van der Waals surface area contributed by atoms with Crippen molar-refractivity contribution in [3.8, 4) is 6.07 Å². The van der Waals surface area contributed by atoms with Gasteiger partial charge in [0.05, 0.1) is 11.3 Å². The summed E-state index contributed by atoms with van der Waals surface area (Å²) in [7, 11) is 0. The molecule has 106 valence electrons. The monoisotopic (exact) mass is 277 g/mol. The molecule has 0 saturated heterocycles. The molecule has 0 N–H and O–H groups in total. The molecule has 0 bridgehead atoms. The fourth-order valence-electron chi connectivity index (χ4n) is 2.22. The van der Waals surface area contributed by atoms with Crippen LogP contribution in [-0.2, 0) is 0 Å². The predicted octanol–water partition coefficient (Wildman–Crippen LogP) is 3.99. The van der Waals surface area contributed by atoms with Crippen LogP contribution in [0.25, 0.3) is 11.6 Å². The standard InChI is InChI=1S/C18H19N3/c1-3-21(4-2)17-10-8-15(9-11-17)13-16(14-19)18-7-5-6-12-20-18/h5-13H,3-4H2,1-2H3/b16-13+. The number of allylic oxidation sites excluding steroid dienone is 1. The zero-order chi connectivity index (χ0) is 15.1. The summed E-state index contributed by atoms with van der Waals surface area (Å²) in [5.41, 5.74) is 3.49. The number of aromatic nitrogens is 1. The molecular weight excluding hydrogens is 258 g/mol. The molecule has 1 aromatic carbocycles. The first-order chi connectivity index (χ1) is 10.3. The van der Waals surface area contributed by atoms with Crippen molar-refractivity contribution in [2.75, 3.05) is 18.0 Å². The number of hydrogen-bond acceptors (Lipinski definition) is 3. The SMILES string of the molecule is CCN(CC)c1ccc(/C=C(\C#N)c2ccccn2)cc1. The van der Waals surface area contributed by atoms with Gasteiger partial charge in [0.2, 0.25) is 0 Å². The van der Waals surface area contributed by atoms with E-state index in [1.165, 1.54) is 5.69 Å². The summed E-state index contributed by atoms with van der Waals surface area (Å²) in [5.74, 6) is 0. The number of pyridine rings is 1. The van der Waals surface area contributed by atoms with Crippen LogP contribution in [0.4, 0.5) is 5.69 Å². The molecule has 1 aromatic heterocycles. The van der Waals surface area contributed by atoms with Gasteiger partial charge in [-0.1, -0.05) is 18.2 Å². The number of benzene rings is 1. The lowest BCUT2D eigenvalue weighted by atomic mass is 10.1. The maximum atomic E-state index is 9.29. The average molecular weight is 277 g/mol. The molecule has 0 aliphatic rings. The van der Waals surface area contributed by atoms with E-state index >= 15 is 0 Å². The molecule has 0 unspecified atom stereocenters. The molecule has 0 saturated carbocycles. The topological polar surface area (TPSA) is 39.9 Å². The highest BCUT2D eigenvalue weighted by Gasteiger charge is 2.03. The van der Waals surface area contributed by atoms with Gasteiger partial charge in [-0.05, 0) is 49.8 Å². The molecule has 1 heterocycles. The van der Waals surface area contributed by atoms with E-state index in [-0.39, 0.29) is 0 Å². The Labute approximate surface area is 126 Å². The highest BCUT2D eigenvalue weighted by molar-refractivity contribution is 5.88. The van der Waals surface area contributed by atoms with Crippen molar-refractivity contribution in [1.82, 2.24) is 4.98 Å². The van der Waals surface area contributed by atoms with Crippen LogP contribution in [0, 0.1) is 11.3 Å². The smallest absolute Gasteiger partial charge is 0.101 e. The third kappa shape index (κ3) is 3.70. The van der Waals surface area contributed by atoms with Gasteiger partial charge in [0.1, 0.15) is 6.07 Å². The Morgan fingerprint density at radius 3 is 2.38 bits per heavy atom. The summed E-state index contributed by atoms with van der Waals surface area (Å²) in [5, 5.41) is 9.29. The number of hydrogen-bond donors (Lipinski definition) is 0. The van der Waals surface area contributed by atoms with Crippen LogP contribution in [0.3, 0.4) is 0 Å². The van der Waals surface area contributed by atoms with E-state index in [1.54, 1.807) is 6.20 Å². The van der Waals surface area contributed by atoms with Crippen molar-refractivity contribution in [3.63, 3.8) is 0 Å². The Balaban J connectivity index is 2.26. The van der Waals surface area contributed by atoms with Crippen molar-refractivity contribution in [3.05, 3.63) is 59.9 Å². The number of anilines is 1. The summed E-state index contributed by atoms with van der Waals surface area (Å²) in [4.78, 5) is 6.51. The van der Waals surface area contributed by atoms with Crippen molar-refractivity contribution < 1.29 is 0 Å². The molecular formula is C18H19N3. The second-order valence-electron chi connectivity index (χ2n) is 4.65. The van der Waals surface area contributed by atoms with Gasteiger partial charge in [-0.15, -0.1) is 0 Å². The van der Waals surface area contributed by atoms with Gasteiger partial charge in [0, 0.05) is 25.0 Å². The zero-order valence-electron chi connectivity index (χ0n) is 12.5. The molecule has 0 aliphatic heterocycles. The van der Waals surface area contributed by atoms with Crippen molar-refractivity contribution in [2.45, 2.75) is 13.8 Å². The average Bonchev–Trinajstić information content (AvgIpc) is 2.56. The fraction of sp³-hybridized carbons (Fsp3) is 0.222. The Bertz CT molecular complexity index is 632. The van der Waals surface area contributed by atoms with E-state index in [0.717, 1.165) is 18.7 Å². The molecule has 0 fully saturated rings. The lowest BCUT2D eigenvalue weighted by Crippen LogP contribution is -2.21. The summed E-state index contributed by atoms with van der Waals surface area (Å²) < 4.78 is 0. The van der Waals surface area contributed by atoms with E-state index in [4.69, 9.17) is 0 Å². The molecule has 0 spiro atoms. The first-order valence-electron chi connectivity index (χ1n) is 7.16. The van der Waals surface area contributed by atoms with Crippen LogP contribution in [0.1, 0.15) is 25.1 Å². The fourth-order valence-corrected chi connectivity index (χ4v) is 2.22. The third-order valence-corrected chi connectivity index (χ3v) is 3.39. The van der Waals surface area contributed by atoms with Gasteiger partial charge in [-0.25, -0.2) is 0 Å². The van der Waals surface area contributed by atoms with Gasteiger partial charge in [-0.3, -0.25) is 4.98 Å². The van der Waals surface area contributed by atoms with E-state index in [1.807, 2.05) is 36.4 Å². The van der Waals surface area contributed by atoms with E-state index < -0.39 is 0 Å². The van der Waals surface area contributed by atoms with Crippen LogP contribution in [-0.4, -0.2) is 18.1 Å². The van der Waals surface area contributed by atoms with E-state index in [9.17, 15) is 5.26 Å². The summed E-state index contributed by atoms with van der Waals surface area (Å²) in [6.45, 7) is 6.27. The van der Waals surface area contributed by atoms with Crippen LogP contribution in [0.2, 0.25) is 0 Å². The number of nitrogens with zero attached hydrogens (tertiary/aromatic N) is 3. The number of nitriles is 1. The van der Waals surface area contributed by atoms with Gasteiger partial charge in [-0.2, -0.15) is 5.26 Å². The minimum atomic E-state index is 0.575. The van der Waals surface area contributed by atoms with Gasteiger partial charge >= 0.3 is 0 Å². The lowest BCUT2D eigenvalue weighted by Gasteiger charge is -2.20. The molecule has 0 amide bonds. The minimum absolute atomic E-state index is 0.575. The molecule has 0 aliphatic carbocycles. The Morgan fingerprint density at radius 1 is 1.14 bits per heavy atom. The van der Waals surface area contributed by atoms with E-state index in [0.29, 0.717) is 11.3 Å². The summed E-state index contributed by atoms with van der Waals surface area (Å²) >= 11 is 0. The molecule has 2 rings (SSSR count). The molecule has 0 radical (unpaired) electrons. The van der Waals surface area contributed by atoms with Crippen molar-refractivity contribution in [2.24, 2.45) is 0 Å². The van der Waals surface area contributed by atoms with Crippen LogP contribution < -0.4 is 4.90 Å². The molecule has 3 nitrogen and oxygen atoms in total. The first kappa shape index (κ1) is 14.8. The second-order valence-corrected chi connectivity index (χ2v) is 4.65. The van der Waals surface area contributed by atoms with Gasteiger partial charge < -0.3 is 4.90 Å². The first-order valence-corrected chi connectivity index (χ1v) is 7.16. The predicted molar refractivity (Wildman–Crippen MR) is 87.7 cm³/mol. The summed E-state index contributed by atoms with van der Waals surface area (Å²) in [6.07, 6.45) is 3.57. The van der Waals surface area contributed by atoms with Crippen molar-refractivity contribution >= 4 is 17.3 Å². The van der Waals surface area contributed by atoms with Gasteiger partial charge in [0.15, 0.2) is 0 Å². The minimum Gasteiger partial charge on any atom is -0.372 e. The Kier molecular flexibility index (Phi) is 5.11.